The minimum absolute atomic E-state index is 0.250. The first-order valence-corrected chi connectivity index (χ1v) is 4.50. The molecule has 0 aromatic carbocycles. The molecule has 11 heavy (non-hydrogen) atoms. The molecule has 0 saturated carbocycles. The summed E-state index contributed by atoms with van der Waals surface area (Å²) in [5.41, 5.74) is 1.55. The molecule has 0 aromatic rings. The lowest BCUT2D eigenvalue weighted by molar-refractivity contribution is 0.325. The molecule has 1 rings (SSSR count). The fraction of sp³-hybridized carbons (Fsp3) is 0.800. The Morgan fingerprint density at radius 1 is 1.55 bits per heavy atom. The van der Waals surface area contributed by atoms with Crippen LogP contribution >= 0.6 is 0 Å². The average molecular weight is 153 g/mol. The molecular formula is C10H19N. The Balaban J connectivity index is 2.79. The zero-order valence-corrected chi connectivity index (χ0v) is 7.91. The van der Waals surface area contributed by atoms with Gasteiger partial charge in [-0.1, -0.05) is 26.0 Å². The predicted molar refractivity (Wildman–Crippen MR) is 49.6 cm³/mol. The average Bonchev–Trinajstić information content (AvgIpc) is 2.34. The largest absolute Gasteiger partial charge is 0.307 e. The lowest BCUT2D eigenvalue weighted by Gasteiger charge is -2.34. The molecule has 1 heteroatoms. The second kappa shape index (κ2) is 2.98. The van der Waals surface area contributed by atoms with E-state index in [1.165, 1.54) is 18.4 Å². The molecular weight excluding hydrogens is 134 g/mol. The lowest BCUT2D eigenvalue weighted by Crippen LogP contribution is -2.45. The standard InChI is InChI=1S/C10H19N/c1-8(2)10(9(3)4)6-5-7-11-10/h9,11H,1,5-7H2,2-4H3. The summed E-state index contributed by atoms with van der Waals surface area (Å²) in [6.07, 6.45) is 2.56. The minimum Gasteiger partial charge on any atom is -0.307 e. The molecule has 1 nitrogen and oxygen atoms in total. The normalized spacial score (nSPS) is 31.3. The van der Waals surface area contributed by atoms with E-state index >= 15 is 0 Å². The van der Waals surface area contributed by atoms with Crippen LogP contribution in [0.2, 0.25) is 0 Å². The Morgan fingerprint density at radius 2 is 2.18 bits per heavy atom. The monoisotopic (exact) mass is 153 g/mol. The second-order valence-electron chi connectivity index (χ2n) is 3.94. The summed E-state index contributed by atoms with van der Waals surface area (Å²) in [5.74, 6) is 0.669. The van der Waals surface area contributed by atoms with Gasteiger partial charge < -0.3 is 5.32 Å². The Bertz CT molecular complexity index is 152. The van der Waals surface area contributed by atoms with E-state index in [1.54, 1.807) is 0 Å². The summed E-state index contributed by atoms with van der Waals surface area (Å²) >= 11 is 0. The fourth-order valence-electron chi connectivity index (χ4n) is 2.12. The van der Waals surface area contributed by atoms with Gasteiger partial charge in [0.2, 0.25) is 0 Å². The van der Waals surface area contributed by atoms with Crippen LogP contribution in [0, 0.1) is 5.92 Å². The highest BCUT2D eigenvalue weighted by Crippen LogP contribution is 2.33. The molecule has 1 saturated heterocycles. The van der Waals surface area contributed by atoms with Gasteiger partial charge in [0.1, 0.15) is 0 Å². The van der Waals surface area contributed by atoms with Crippen molar-refractivity contribution in [1.29, 1.82) is 0 Å². The Morgan fingerprint density at radius 3 is 2.36 bits per heavy atom. The van der Waals surface area contributed by atoms with Crippen LogP contribution in [0.1, 0.15) is 33.6 Å². The number of hydrogen-bond donors (Lipinski definition) is 1. The number of hydrogen-bond acceptors (Lipinski definition) is 1. The SMILES string of the molecule is C=C(C)C1(C(C)C)CCCN1. The van der Waals surface area contributed by atoms with E-state index in [9.17, 15) is 0 Å². The highest BCUT2D eigenvalue weighted by molar-refractivity contribution is 5.18. The molecule has 0 amide bonds. The second-order valence-corrected chi connectivity index (χ2v) is 3.94. The predicted octanol–water partition coefficient (Wildman–Crippen LogP) is 2.34. The number of rotatable bonds is 2. The van der Waals surface area contributed by atoms with Gasteiger partial charge in [0.15, 0.2) is 0 Å². The van der Waals surface area contributed by atoms with Gasteiger partial charge in [0.05, 0.1) is 0 Å². The number of nitrogens with one attached hydrogen (secondary N) is 1. The van der Waals surface area contributed by atoms with Crippen LogP contribution in [0.15, 0.2) is 12.2 Å². The van der Waals surface area contributed by atoms with Gasteiger partial charge in [-0.3, -0.25) is 0 Å². The van der Waals surface area contributed by atoms with Crippen molar-refractivity contribution in [2.24, 2.45) is 5.92 Å². The molecule has 0 aliphatic carbocycles. The van der Waals surface area contributed by atoms with Crippen LogP contribution in [0.5, 0.6) is 0 Å². The molecule has 64 valence electrons. The Hall–Kier alpha value is -0.300. The molecule has 0 radical (unpaired) electrons. The molecule has 1 heterocycles. The van der Waals surface area contributed by atoms with Gasteiger partial charge in [-0.15, -0.1) is 0 Å². The lowest BCUT2D eigenvalue weighted by atomic mass is 9.80. The van der Waals surface area contributed by atoms with Gasteiger partial charge in [0, 0.05) is 5.54 Å². The molecule has 1 N–H and O–H groups in total. The van der Waals surface area contributed by atoms with E-state index < -0.39 is 0 Å². The van der Waals surface area contributed by atoms with Crippen molar-refractivity contribution in [3.8, 4) is 0 Å². The van der Waals surface area contributed by atoms with E-state index in [1.807, 2.05) is 0 Å². The highest BCUT2D eigenvalue weighted by atomic mass is 15.0. The van der Waals surface area contributed by atoms with Crippen molar-refractivity contribution in [1.82, 2.24) is 5.32 Å². The summed E-state index contributed by atoms with van der Waals surface area (Å²) in [6, 6.07) is 0. The van der Waals surface area contributed by atoms with Crippen molar-refractivity contribution in [3.63, 3.8) is 0 Å². The summed E-state index contributed by atoms with van der Waals surface area (Å²) in [6.45, 7) is 11.9. The van der Waals surface area contributed by atoms with Gasteiger partial charge >= 0.3 is 0 Å². The van der Waals surface area contributed by atoms with Gasteiger partial charge in [-0.2, -0.15) is 0 Å². The Kier molecular flexibility index (Phi) is 2.38. The summed E-state index contributed by atoms with van der Waals surface area (Å²) in [5, 5.41) is 3.57. The fourth-order valence-corrected chi connectivity index (χ4v) is 2.12. The molecule has 1 aliphatic rings. The third-order valence-corrected chi connectivity index (χ3v) is 2.94. The molecule has 1 fully saturated rings. The van der Waals surface area contributed by atoms with Crippen LogP contribution in [0.3, 0.4) is 0 Å². The molecule has 1 aliphatic heterocycles. The third kappa shape index (κ3) is 1.34. The topological polar surface area (TPSA) is 12.0 Å². The molecule has 1 atom stereocenters. The van der Waals surface area contributed by atoms with E-state index in [-0.39, 0.29) is 5.54 Å². The zero-order chi connectivity index (χ0) is 8.48. The summed E-state index contributed by atoms with van der Waals surface area (Å²) in [7, 11) is 0. The van der Waals surface area contributed by atoms with Crippen LogP contribution in [-0.4, -0.2) is 12.1 Å². The van der Waals surface area contributed by atoms with Gasteiger partial charge in [0.25, 0.3) is 0 Å². The zero-order valence-electron chi connectivity index (χ0n) is 7.91. The van der Waals surface area contributed by atoms with Crippen molar-refractivity contribution >= 4 is 0 Å². The maximum atomic E-state index is 4.07. The molecule has 0 spiro atoms. The van der Waals surface area contributed by atoms with Crippen molar-refractivity contribution in [3.05, 3.63) is 12.2 Å². The third-order valence-electron chi connectivity index (χ3n) is 2.94. The highest BCUT2D eigenvalue weighted by Gasteiger charge is 2.36. The summed E-state index contributed by atoms with van der Waals surface area (Å²) < 4.78 is 0. The van der Waals surface area contributed by atoms with Gasteiger partial charge in [-0.05, 0) is 32.2 Å². The molecule has 0 aromatic heterocycles. The first-order chi connectivity index (χ1) is 5.09. The van der Waals surface area contributed by atoms with Crippen LogP contribution in [0.4, 0.5) is 0 Å². The van der Waals surface area contributed by atoms with Crippen molar-refractivity contribution < 1.29 is 0 Å². The minimum atomic E-state index is 0.250. The van der Waals surface area contributed by atoms with E-state index in [0.717, 1.165) is 6.54 Å². The quantitative estimate of drug-likeness (QED) is 0.600. The van der Waals surface area contributed by atoms with Crippen molar-refractivity contribution in [2.45, 2.75) is 39.2 Å². The molecule has 0 bridgehead atoms. The first-order valence-electron chi connectivity index (χ1n) is 4.50. The van der Waals surface area contributed by atoms with Crippen LogP contribution in [0.25, 0.3) is 0 Å². The summed E-state index contributed by atoms with van der Waals surface area (Å²) in [4.78, 5) is 0. The van der Waals surface area contributed by atoms with E-state index in [4.69, 9.17) is 0 Å². The Labute approximate surface area is 69.9 Å². The van der Waals surface area contributed by atoms with Gasteiger partial charge in [-0.25, -0.2) is 0 Å². The van der Waals surface area contributed by atoms with Crippen LogP contribution in [-0.2, 0) is 0 Å². The van der Waals surface area contributed by atoms with Crippen LogP contribution < -0.4 is 5.32 Å². The maximum absolute atomic E-state index is 4.07. The van der Waals surface area contributed by atoms with E-state index in [2.05, 4.69) is 32.7 Å². The smallest absolute Gasteiger partial charge is 0.0412 e. The van der Waals surface area contributed by atoms with Crippen molar-refractivity contribution in [2.75, 3.05) is 6.54 Å². The first kappa shape index (κ1) is 8.79. The van der Waals surface area contributed by atoms with E-state index in [0.29, 0.717) is 5.92 Å². The maximum Gasteiger partial charge on any atom is 0.0412 e. The molecule has 1 unspecified atom stereocenters.